The molecule has 2 aromatic carbocycles. The van der Waals surface area contributed by atoms with Crippen LogP contribution in [0.1, 0.15) is 22.8 Å². The van der Waals surface area contributed by atoms with Crippen molar-refractivity contribution < 1.29 is 45.7 Å². The molecule has 0 saturated carbocycles. The van der Waals surface area contributed by atoms with E-state index in [-0.39, 0.29) is 30.0 Å². The highest BCUT2D eigenvalue weighted by atomic mass is 19.3. The van der Waals surface area contributed by atoms with Crippen molar-refractivity contribution in [1.82, 2.24) is 19.7 Å². The van der Waals surface area contributed by atoms with E-state index in [1.54, 1.807) is 6.92 Å². The maximum atomic E-state index is 15.0. The Morgan fingerprint density at radius 2 is 1.95 bits per heavy atom. The van der Waals surface area contributed by atoms with Crippen LogP contribution < -0.4 is 4.74 Å². The number of alkyl halides is 4. The van der Waals surface area contributed by atoms with Crippen LogP contribution in [0.2, 0.25) is 0 Å². The highest BCUT2D eigenvalue weighted by molar-refractivity contribution is 5.94. The summed E-state index contributed by atoms with van der Waals surface area (Å²) in [6.45, 7) is -0.532. The smallest absolute Gasteiger partial charge is 0.340 e. The number of nitrogens with zero attached hydrogens (tertiary/aromatic N) is 4. The van der Waals surface area contributed by atoms with Crippen molar-refractivity contribution in [2.75, 3.05) is 13.2 Å². The summed E-state index contributed by atoms with van der Waals surface area (Å²) < 4.78 is 91.6. The summed E-state index contributed by atoms with van der Waals surface area (Å²) in [4.78, 5) is 18.5. The zero-order chi connectivity index (χ0) is 27.7. The number of halogens is 6. The van der Waals surface area contributed by atoms with Gasteiger partial charge >= 0.3 is 12.3 Å². The molecule has 0 radical (unpaired) electrons. The van der Waals surface area contributed by atoms with Crippen LogP contribution in [0, 0.1) is 11.6 Å². The number of benzene rings is 2. The largest absolute Gasteiger partial charge is 0.487 e. The molecular formula is C24H22F6N4O4. The average Bonchev–Trinajstić information content (AvgIpc) is 3.37. The summed E-state index contributed by atoms with van der Waals surface area (Å²) in [5.41, 5.74) is -1.83. The average molecular weight is 544 g/mol. The zero-order valence-electron chi connectivity index (χ0n) is 19.8. The molecule has 1 aliphatic rings. The van der Waals surface area contributed by atoms with Crippen LogP contribution >= 0.6 is 0 Å². The maximum absolute atomic E-state index is 15.0. The van der Waals surface area contributed by atoms with E-state index in [1.807, 2.05) is 0 Å². The number of aliphatic hydroxyl groups is 1. The predicted octanol–water partition coefficient (Wildman–Crippen LogP) is 3.61. The molecule has 1 saturated heterocycles. The van der Waals surface area contributed by atoms with Gasteiger partial charge in [-0.1, -0.05) is 6.07 Å². The number of rotatable bonds is 8. The minimum Gasteiger partial charge on any atom is -0.487 e. The Morgan fingerprint density at radius 1 is 1.24 bits per heavy atom. The molecular weight excluding hydrogens is 522 g/mol. The van der Waals surface area contributed by atoms with E-state index in [0.717, 1.165) is 24.3 Å². The van der Waals surface area contributed by atoms with Gasteiger partial charge in [0.25, 0.3) is 5.91 Å². The summed E-state index contributed by atoms with van der Waals surface area (Å²) in [7, 11) is 0. The second kappa shape index (κ2) is 10.6. The number of ether oxygens (including phenoxy) is 2. The fourth-order valence-electron chi connectivity index (χ4n) is 4.25. The zero-order valence-corrected chi connectivity index (χ0v) is 19.8. The Labute approximate surface area is 212 Å². The Kier molecular flexibility index (Phi) is 7.65. The molecule has 3 atom stereocenters. The van der Waals surface area contributed by atoms with Gasteiger partial charge in [-0.2, -0.15) is 13.9 Å². The molecule has 1 N–H and O–H groups in total. The second-order valence-electron chi connectivity index (χ2n) is 8.69. The van der Waals surface area contributed by atoms with E-state index < -0.39 is 54.4 Å². The lowest BCUT2D eigenvalue weighted by atomic mass is 9.83. The minimum absolute atomic E-state index is 0.0353. The molecule has 1 fully saturated rings. The summed E-state index contributed by atoms with van der Waals surface area (Å²) in [6.07, 6.45) is -2.94. The summed E-state index contributed by atoms with van der Waals surface area (Å²) in [5.74, 6) is -6.98. The van der Waals surface area contributed by atoms with Gasteiger partial charge in [-0.05, 0) is 37.3 Å². The molecule has 1 aromatic heterocycles. The van der Waals surface area contributed by atoms with E-state index in [1.165, 1.54) is 34.4 Å². The van der Waals surface area contributed by atoms with Crippen molar-refractivity contribution in [2.45, 2.75) is 43.7 Å². The van der Waals surface area contributed by atoms with E-state index in [0.29, 0.717) is 6.07 Å². The third-order valence-corrected chi connectivity index (χ3v) is 6.20. The quantitative estimate of drug-likeness (QED) is 0.436. The standard InChI is InChI=1S/C24H22F6N4O4/c1-14-23(10-33-13-31-12-32-33,18-7-4-16(25)8-19(18)26)38-20(35)9-34(14)21(36)15-2-5-17(6-3-15)37-11-24(29,30)22(27)28/h2-8,12-14,20,22,35H,9-11H2,1H3/t14-,20-,23-/m1/s1. The van der Waals surface area contributed by atoms with Gasteiger partial charge in [0.2, 0.25) is 0 Å². The van der Waals surface area contributed by atoms with Crippen LogP contribution in [0.15, 0.2) is 55.1 Å². The number of aromatic nitrogens is 3. The molecule has 0 aliphatic carbocycles. The predicted molar refractivity (Wildman–Crippen MR) is 119 cm³/mol. The van der Waals surface area contributed by atoms with E-state index >= 15 is 4.39 Å². The molecule has 14 heteroatoms. The molecule has 38 heavy (non-hydrogen) atoms. The fraction of sp³-hybridized carbons (Fsp3) is 0.375. The Balaban J connectivity index is 1.63. The Morgan fingerprint density at radius 3 is 2.55 bits per heavy atom. The number of carbonyl (C=O) groups excluding carboxylic acids is 1. The van der Waals surface area contributed by atoms with Crippen LogP contribution in [0.25, 0.3) is 0 Å². The van der Waals surface area contributed by atoms with Gasteiger partial charge in [-0.3, -0.25) is 4.79 Å². The molecule has 0 spiro atoms. The first-order valence-electron chi connectivity index (χ1n) is 11.3. The Bertz CT molecular complexity index is 1260. The first-order valence-corrected chi connectivity index (χ1v) is 11.3. The third kappa shape index (κ3) is 5.45. The van der Waals surface area contributed by atoms with Crippen molar-refractivity contribution in [3.63, 3.8) is 0 Å². The van der Waals surface area contributed by atoms with Crippen LogP contribution in [-0.2, 0) is 16.9 Å². The van der Waals surface area contributed by atoms with Crippen LogP contribution in [0.3, 0.4) is 0 Å². The van der Waals surface area contributed by atoms with Gasteiger partial charge in [0.05, 0.1) is 19.1 Å². The number of carbonyl (C=O) groups is 1. The second-order valence-corrected chi connectivity index (χ2v) is 8.69. The van der Waals surface area contributed by atoms with Crippen molar-refractivity contribution in [3.8, 4) is 5.75 Å². The molecule has 0 bridgehead atoms. The van der Waals surface area contributed by atoms with Crippen LogP contribution in [-0.4, -0.2) is 68.5 Å². The number of hydrogen-bond donors (Lipinski definition) is 1. The third-order valence-electron chi connectivity index (χ3n) is 6.20. The van der Waals surface area contributed by atoms with E-state index in [4.69, 9.17) is 9.47 Å². The highest BCUT2D eigenvalue weighted by Crippen LogP contribution is 2.40. The number of β-amino-alcohol motifs (C(OH)–C–C–N with tert-alkyl or cyclic N) is 1. The molecule has 1 aliphatic heterocycles. The number of aliphatic hydroxyl groups excluding tert-OH is 1. The lowest BCUT2D eigenvalue weighted by molar-refractivity contribution is -0.255. The Hall–Kier alpha value is -3.65. The molecule has 204 valence electrons. The number of morpholine rings is 1. The molecule has 0 unspecified atom stereocenters. The van der Waals surface area contributed by atoms with E-state index in [9.17, 15) is 31.9 Å². The van der Waals surface area contributed by atoms with Crippen molar-refractivity contribution in [3.05, 3.63) is 77.9 Å². The molecule has 4 rings (SSSR count). The van der Waals surface area contributed by atoms with Gasteiger partial charge in [-0.25, -0.2) is 27.2 Å². The monoisotopic (exact) mass is 544 g/mol. The van der Waals surface area contributed by atoms with E-state index in [2.05, 4.69) is 10.1 Å². The van der Waals surface area contributed by atoms with Gasteiger partial charge in [-0.15, -0.1) is 0 Å². The summed E-state index contributed by atoms with van der Waals surface area (Å²) in [5, 5.41) is 14.6. The number of hydrogen-bond acceptors (Lipinski definition) is 6. The topological polar surface area (TPSA) is 89.7 Å². The molecule has 1 amide bonds. The van der Waals surface area contributed by atoms with Gasteiger partial charge < -0.3 is 19.5 Å². The van der Waals surface area contributed by atoms with Crippen LogP contribution in [0.5, 0.6) is 5.75 Å². The summed E-state index contributed by atoms with van der Waals surface area (Å²) >= 11 is 0. The summed E-state index contributed by atoms with van der Waals surface area (Å²) in [6, 6.07) is 6.62. The highest BCUT2D eigenvalue weighted by Gasteiger charge is 2.51. The van der Waals surface area contributed by atoms with Crippen molar-refractivity contribution >= 4 is 5.91 Å². The SMILES string of the molecule is C[C@H]1N(C(=O)c2ccc(OCC(F)(F)C(F)F)cc2)C[C@H](O)O[C@@]1(Cn1cncn1)c1ccc(F)cc1F. The first kappa shape index (κ1) is 27.4. The van der Waals surface area contributed by atoms with Crippen molar-refractivity contribution in [1.29, 1.82) is 0 Å². The maximum Gasteiger partial charge on any atom is 0.340 e. The van der Waals surface area contributed by atoms with Gasteiger partial charge in [0, 0.05) is 17.2 Å². The normalized spacial score (nSPS) is 22.1. The molecule has 2 heterocycles. The van der Waals surface area contributed by atoms with Gasteiger partial charge in [0.1, 0.15) is 35.6 Å². The number of amides is 1. The first-order chi connectivity index (χ1) is 17.9. The van der Waals surface area contributed by atoms with Crippen molar-refractivity contribution in [2.24, 2.45) is 0 Å². The molecule has 8 nitrogen and oxygen atoms in total. The minimum atomic E-state index is -4.35. The fourth-order valence-corrected chi connectivity index (χ4v) is 4.25. The lowest BCUT2D eigenvalue weighted by Crippen LogP contribution is -2.63. The van der Waals surface area contributed by atoms with Gasteiger partial charge in [0.15, 0.2) is 12.9 Å². The molecule has 3 aromatic rings. The lowest BCUT2D eigenvalue weighted by Gasteiger charge is -2.50. The van der Waals surface area contributed by atoms with Crippen LogP contribution in [0.4, 0.5) is 26.3 Å².